The van der Waals surface area contributed by atoms with Crippen molar-refractivity contribution in [3.8, 4) is 5.75 Å². The number of anilines is 2. The molecular formula is C15H26N2O. The molecule has 0 spiro atoms. The number of benzene rings is 1. The van der Waals surface area contributed by atoms with E-state index in [4.69, 9.17) is 10.5 Å². The molecule has 102 valence electrons. The van der Waals surface area contributed by atoms with E-state index in [1.165, 1.54) is 0 Å². The number of nitrogens with two attached hydrogens (primary N) is 1. The second kappa shape index (κ2) is 5.09. The molecule has 1 rings (SSSR count). The molecule has 0 aliphatic rings. The molecule has 0 aromatic heterocycles. The van der Waals surface area contributed by atoms with E-state index in [2.05, 4.69) is 39.9 Å². The summed E-state index contributed by atoms with van der Waals surface area (Å²) in [7, 11) is 1.64. The molecule has 1 aromatic rings. The molecule has 0 bridgehead atoms. The molecule has 0 heterocycles. The van der Waals surface area contributed by atoms with Crippen LogP contribution in [0.4, 0.5) is 11.4 Å². The second-order valence-electron chi connectivity index (χ2n) is 6.70. The van der Waals surface area contributed by atoms with Gasteiger partial charge in [-0.1, -0.05) is 20.8 Å². The first-order chi connectivity index (χ1) is 8.13. The molecule has 0 saturated heterocycles. The summed E-state index contributed by atoms with van der Waals surface area (Å²) in [4.78, 5) is 0. The van der Waals surface area contributed by atoms with Crippen LogP contribution < -0.4 is 15.8 Å². The van der Waals surface area contributed by atoms with Gasteiger partial charge in [0, 0.05) is 11.6 Å². The Bertz CT molecular complexity index is 405. The highest BCUT2D eigenvalue weighted by molar-refractivity contribution is 5.68. The van der Waals surface area contributed by atoms with Crippen LogP contribution in [0.5, 0.6) is 5.75 Å². The Kier molecular flexibility index (Phi) is 4.15. The van der Waals surface area contributed by atoms with Gasteiger partial charge >= 0.3 is 0 Å². The minimum atomic E-state index is 0.000951. The maximum absolute atomic E-state index is 6.03. The van der Waals surface area contributed by atoms with Crippen molar-refractivity contribution in [1.29, 1.82) is 0 Å². The van der Waals surface area contributed by atoms with Gasteiger partial charge in [0.05, 0.1) is 18.5 Å². The zero-order chi connectivity index (χ0) is 14.0. The van der Waals surface area contributed by atoms with Crippen LogP contribution in [0.1, 0.15) is 41.0 Å². The second-order valence-corrected chi connectivity index (χ2v) is 6.70. The van der Waals surface area contributed by atoms with Crippen LogP contribution in [0.15, 0.2) is 18.2 Å². The average Bonchev–Trinajstić information content (AvgIpc) is 2.17. The molecule has 0 atom stereocenters. The van der Waals surface area contributed by atoms with E-state index in [-0.39, 0.29) is 11.0 Å². The summed E-state index contributed by atoms with van der Waals surface area (Å²) in [5.41, 5.74) is 7.98. The maximum Gasteiger partial charge on any atom is 0.121 e. The number of nitrogen functional groups attached to an aromatic ring is 1. The SMILES string of the molecule is COc1ccc(NC(C)(C)CC(C)(C)C)c(N)c1. The Morgan fingerprint density at radius 3 is 2.22 bits per heavy atom. The zero-order valence-electron chi connectivity index (χ0n) is 12.4. The monoisotopic (exact) mass is 250 g/mol. The van der Waals surface area contributed by atoms with Gasteiger partial charge in [0.1, 0.15) is 5.75 Å². The standard InChI is InChI=1S/C15H26N2O/c1-14(2,3)10-15(4,5)17-13-8-7-11(18-6)9-12(13)16/h7-9,17H,10,16H2,1-6H3. The van der Waals surface area contributed by atoms with Crippen LogP contribution in [0.2, 0.25) is 0 Å². The summed E-state index contributed by atoms with van der Waals surface area (Å²) in [6, 6.07) is 5.74. The molecule has 1 aromatic carbocycles. The van der Waals surface area contributed by atoms with Gasteiger partial charge in [0.25, 0.3) is 0 Å². The van der Waals surface area contributed by atoms with E-state index in [1.807, 2.05) is 18.2 Å². The van der Waals surface area contributed by atoms with E-state index >= 15 is 0 Å². The largest absolute Gasteiger partial charge is 0.497 e. The maximum atomic E-state index is 6.03. The molecule has 0 unspecified atom stereocenters. The van der Waals surface area contributed by atoms with Crippen LogP contribution in [0.3, 0.4) is 0 Å². The third-order valence-electron chi connectivity index (χ3n) is 2.70. The van der Waals surface area contributed by atoms with E-state index in [0.29, 0.717) is 0 Å². The van der Waals surface area contributed by atoms with Crippen molar-refractivity contribution in [2.45, 2.75) is 46.6 Å². The van der Waals surface area contributed by atoms with Gasteiger partial charge in [-0.05, 0) is 37.8 Å². The van der Waals surface area contributed by atoms with E-state index in [1.54, 1.807) is 7.11 Å². The smallest absolute Gasteiger partial charge is 0.121 e. The molecule has 3 heteroatoms. The van der Waals surface area contributed by atoms with Gasteiger partial charge in [0.2, 0.25) is 0 Å². The van der Waals surface area contributed by atoms with Gasteiger partial charge in [-0.15, -0.1) is 0 Å². The van der Waals surface area contributed by atoms with Crippen molar-refractivity contribution < 1.29 is 4.74 Å². The summed E-state index contributed by atoms with van der Waals surface area (Å²) < 4.78 is 5.15. The first-order valence-corrected chi connectivity index (χ1v) is 6.35. The summed E-state index contributed by atoms with van der Waals surface area (Å²) in [6.45, 7) is 11.1. The fourth-order valence-corrected chi connectivity index (χ4v) is 2.52. The van der Waals surface area contributed by atoms with Crippen LogP contribution in [0.25, 0.3) is 0 Å². The predicted octanol–water partition coefficient (Wildman–Crippen LogP) is 3.90. The Balaban J connectivity index is 2.84. The zero-order valence-corrected chi connectivity index (χ0v) is 12.4. The molecule has 0 radical (unpaired) electrons. The van der Waals surface area contributed by atoms with Gasteiger partial charge in [-0.25, -0.2) is 0 Å². The molecule has 3 N–H and O–H groups in total. The van der Waals surface area contributed by atoms with Crippen LogP contribution in [0, 0.1) is 5.41 Å². The summed E-state index contributed by atoms with van der Waals surface area (Å²) in [6.07, 6.45) is 1.06. The highest BCUT2D eigenvalue weighted by Crippen LogP contribution is 2.32. The lowest BCUT2D eigenvalue weighted by Gasteiger charge is -2.34. The lowest BCUT2D eigenvalue weighted by molar-refractivity contribution is 0.302. The van der Waals surface area contributed by atoms with Crippen molar-refractivity contribution in [3.05, 3.63) is 18.2 Å². The first kappa shape index (κ1) is 14.7. The molecule has 0 amide bonds. The fraction of sp³-hybridized carbons (Fsp3) is 0.600. The highest BCUT2D eigenvalue weighted by Gasteiger charge is 2.25. The molecule has 0 aliphatic carbocycles. The fourth-order valence-electron chi connectivity index (χ4n) is 2.52. The normalized spacial score (nSPS) is 12.3. The summed E-state index contributed by atoms with van der Waals surface area (Å²) >= 11 is 0. The highest BCUT2D eigenvalue weighted by atomic mass is 16.5. The number of hydrogen-bond acceptors (Lipinski definition) is 3. The first-order valence-electron chi connectivity index (χ1n) is 6.35. The molecular weight excluding hydrogens is 224 g/mol. The lowest BCUT2D eigenvalue weighted by Crippen LogP contribution is -2.35. The van der Waals surface area contributed by atoms with Crippen molar-refractivity contribution in [2.75, 3.05) is 18.2 Å². The van der Waals surface area contributed by atoms with Gasteiger partial charge in [-0.3, -0.25) is 0 Å². The quantitative estimate of drug-likeness (QED) is 0.797. The molecule has 0 saturated carbocycles. The number of ether oxygens (including phenoxy) is 1. The van der Waals surface area contributed by atoms with Crippen molar-refractivity contribution >= 4 is 11.4 Å². The van der Waals surface area contributed by atoms with E-state index < -0.39 is 0 Å². The molecule has 0 aliphatic heterocycles. The molecule has 18 heavy (non-hydrogen) atoms. The van der Waals surface area contributed by atoms with Crippen molar-refractivity contribution in [3.63, 3.8) is 0 Å². The number of nitrogens with one attached hydrogen (secondary N) is 1. The Hall–Kier alpha value is -1.38. The topological polar surface area (TPSA) is 47.3 Å². The van der Waals surface area contributed by atoms with Crippen LogP contribution >= 0.6 is 0 Å². The minimum absolute atomic E-state index is 0.000951. The average molecular weight is 250 g/mol. The summed E-state index contributed by atoms with van der Waals surface area (Å²) in [5.74, 6) is 0.784. The number of rotatable bonds is 4. The van der Waals surface area contributed by atoms with E-state index in [0.717, 1.165) is 23.5 Å². The Morgan fingerprint density at radius 2 is 1.78 bits per heavy atom. The molecule has 0 fully saturated rings. The Labute approximate surface area is 111 Å². The van der Waals surface area contributed by atoms with Crippen molar-refractivity contribution in [1.82, 2.24) is 0 Å². The lowest BCUT2D eigenvalue weighted by atomic mass is 9.81. The predicted molar refractivity (Wildman–Crippen MR) is 79.2 cm³/mol. The van der Waals surface area contributed by atoms with E-state index in [9.17, 15) is 0 Å². The number of hydrogen-bond donors (Lipinski definition) is 2. The van der Waals surface area contributed by atoms with Gasteiger partial charge < -0.3 is 15.8 Å². The van der Waals surface area contributed by atoms with Crippen molar-refractivity contribution in [2.24, 2.45) is 5.41 Å². The Morgan fingerprint density at radius 1 is 1.17 bits per heavy atom. The third kappa shape index (κ3) is 4.47. The third-order valence-corrected chi connectivity index (χ3v) is 2.70. The summed E-state index contributed by atoms with van der Waals surface area (Å²) in [5, 5.41) is 3.51. The van der Waals surface area contributed by atoms with Gasteiger partial charge in [-0.2, -0.15) is 0 Å². The van der Waals surface area contributed by atoms with Crippen LogP contribution in [-0.4, -0.2) is 12.6 Å². The number of methoxy groups -OCH3 is 1. The minimum Gasteiger partial charge on any atom is -0.497 e. The molecule has 3 nitrogen and oxygen atoms in total. The van der Waals surface area contributed by atoms with Gasteiger partial charge in [0.15, 0.2) is 0 Å². The van der Waals surface area contributed by atoms with Crippen LogP contribution in [-0.2, 0) is 0 Å².